The second-order valence-electron chi connectivity index (χ2n) is 7.57. The number of nitrogens with zero attached hydrogens (tertiary/aromatic N) is 2. The molecule has 33 heavy (non-hydrogen) atoms. The average Bonchev–Trinajstić information content (AvgIpc) is 3.29. The standard InChI is InChI=1S/C24H22N4O3S2/c1-16-8-12-19(13-9-16)21(18-6-4-3-5-7-18)28-33(30,31)24-27-26-23(32-24)25-22(29)20-14-10-17(2)11-15-20/h3-15,21,28H,1-2H3,(H,25,26,29)/t21-/m0/s1. The minimum Gasteiger partial charge on any atom is -0.296 e. The molecule has 1 amide bonds. The Labute approximate surface area is 196 Å². The quantitative estimate of drug-likeness (QED) is 0.382. The Morgan fingerprint density at radius 3 is 2.03 bits per heavy atom. The molecule has 168 valence electrons. The molecule has 0 unspecified atom stereocenters. The van der Waals surface area contributed by atoms with Gasteiger partial charge in [0, 0.05) is 5.56 Å². The molecule has 0 aliphatic heterocycles. The Bertz CT molecular complexity index is 1350. The van der Waals surface area contributed by atoms with Crippen LogP contribution in [0.2, 0.25) is 0 Å². The summed E-state index contributed by atoms with van der Waals surface area (Å²) in [6, 6.07) is 23.4. The molecule has 7 nitrogen and oxygen atoms in total. The van der Waals surface area contributed by atoms with E-state index in [9.17, 15) is 13.2 Å². The van der Waals surface area contributed by atoms with Gasteiger partial charge in [-0.25, -0.2) is 8.42 Å². The highest BCUT2D eigenvalue weighted by Gasteiger charge is 2.26. The first-order valence-electron chi connectivity index (χ1n) is 10.2. The summed E-state index contributed by atoms with van der Waals surface area (Å²) in [4.78, 5) is 12.4. The fourth-order valence-corrected chi connectivity index (χ4v) is 5.31. The number of benzene rings is 3. The van der Waals surface area contributed by atoms with E-state index in [1.165, 1.54) is 0 Å². The zero-order chi connectivity index (χ0) is 23.4. The van der Waals surface area contributed by atoms with Crippen molar-refractivity contribution in [3.63, 3.8) is 0 Å². The summed E-state index contributed by atoms with van der Waals surface area (Å²) < 4.78 is 28.8. The zero-order valence-electron chi connectivity index (χ0n) is 18.0. The Morgan fingerprint density at radius 2 is 1.39 bits per heavy atom. The third-order valence-corrected chi connectivity index (χ3v) is 7.62. The number of hydrogen-bond acceptors (Lipinski definition) is 6. The fraction of sp³-hybridized carbons (Fsp3) is 0.125. The molecule has 1 heterocycles. The molecule has 0 aliphatic rings. The van der Waals surface area contributed by atoms with Crippen LogP contribution in [0.15, 0.2) is 83.2 Å². The van der Waals surface area contributed by atoms with Gasteiger partial charge in [-0.3, -0.25) is 10.1 Å². The van der Waals surface area contributed by atoms with Crippen molar-refractivity contribution in [1.82, 2.24) is 14.9 Å². The maximum Gasteiger partial charge on any atom is 0.270 e. The van der Waals surface area contributed by atoms with Crippen molar-refractivity contribution in [2.24, 2.45) is 0 Å². The van der Waals surface area contributed by atoms with E-state index in [0.29, 0.717) is 5.56 Å². The summed E-state index contributed by atoms with van der Waals surface area (Å²) in [6.07, 6.45) is 0. The SMILES string of the molecule is Cc1ccc(C(=O)Nc2nnc(S(=O)(=O)N[C@@H](c3ccccc3)c3ccc(C)cc3)s2)cc1. The van der Waals surface area contributed by atoms with Crippen LogP contribution in [0.4, 0.5) is 5.13 Å². The normalized spacial score (nSPS) is 12.3. The maximum absolute atomic E-state index is 13.1. The summed E-state index contributed by atoms with van der Waals surface area (Å²) in [5, 5.41) is 10.4. The molecule has 2 N–H and O–H groups in total. The largest absolute Gasteiger partial charge is 0.296 e. The number of rotatable bonds is 7. The van der Waals surface area contributed by atoms with Gasteiger partial charge in [-0.05, 0) is 37.1 Å². The van der Waals surface area contributed by atoms with Crippen LogP contribution >= 0.6 is 11.3 Å². The number of carbonyl (C=O) groups is 1. The molecular weight excluding hydrogens is 456 g/mol. The van der Waals surface area contributed by atoms with Crippen LogP contribution in [0.5, 0.6) is 0 Å². The molecule has 0 spiro atoms. The van der Waals surface area contributed by atoms with Gasteiger partial charge in [-0.2, -0.15) is 4.72 Å². The Morgan fingerprint density at radius 1 is 0.818 bits per heavy atom. The average molecular weight is 479 g/mol. The fourth-order valence-electron chi connectivity index (χ4n) is 3.18. The Hall–Kier alpha value is -3.40. The van der Waals surface area contributed by atoms with E-state index in [-0.39, 0.29) is 15.4 Å². The summed E-state index contributed by atoms with van der Waals surface area (Å²) in [7, 11) is -4.01. The highest BCUT2D eigenvalue weighted by atomic mass is 32.2. The number of aryl methyl sites for hydroxylation is 2. The minimum absolute atomic E-state index is 0.104. The van der Waals surface area contributed by atoms with Crippen LogP contribution in [0, 0.1) is 13.8 Å². The van der Waals surface area contributed by atoms with Crippen molar-refractivity contribution in [2.75, 3.05) is 5.32 Å². The molecule has 3 aromatic carbocycles. The molecule has 4 rings (SSSR count). The lowest BCUT2D eigenvalue weighted by molar-refractivity contribution is 0.102. The lowest BCUT2D eigenvalue weighted by atomic mass is 9.99. The van der Waals surface area contributed by atoms with Crippen molar-refractivity contribution < 1.29 is 13.2 Å². The molecule has 0 bridgehead atoms. The second kappa shape index (κ2) is 9.62. The molecule has 0 fully saturated rings. The number of nitrogens with one attached hydrogen (secondary N) is 2. The molecule has 0 saturated carbocycles. The van der Waals surface area contributed by atoms with Gasteiger partial charge in [0.05, 0.1) is 6.04 Å². The van der Waals surface area contributed by atoms with E-state index < -0.39 is 16.1 Å². The van der Waals surface area contributed by atoms with Crippen LogP contribution in [-0.2, 0) is 10.0 Å². The summed E-state index contributed by atoms with van der Waals surface area (Å²) in [6.45, 7) is 3.90. The maximum atomic E-state index is 13.1. The Kier molecular flexibility index (Phi) is 6.64. The predicted molar refractivity (Wildman–Crippen MR) is 129 cm³/mol. The van der Waals surface area contributed by atoms with E-state index in [0.717, 1.165) is 33.6 Å². The number of hydrogen-bond donors (Lipinski definition) is 2. The van der Waals surface area contributed by atoms with Gasteiger partial charge < -0.3 is 0 Å². The highest BCUT2D eigenvalue weighted by molar-refractivity contribution is 7.91. The summed E-state index contributed by atoms with van der Waals surface area (Å²) >= 11 is 0.796. The van der Waals surface area contributed by atoms with Crippen LogP contribution in [-0.4, -0.2) is 24.5 Å². The zero-order valence-corrected chi connectivity index (χ0v) is 19.7. The molecule has 0 saturated heterocycles. The van der Waals surface area contributed by atoms with Gasteiger partial charge in [-0.1, -0.05) is 89.2 Å². The van der Waals surface area contributed by atoms with Gasteiger partial charge in [0.2, 0.25) is 9.47 Å². The third-order valence-electron chi connectivity index (χ3n) is 4.99. The molecule has 0 aliphatic carbocycles. The van der Waals surface area contributed by atoms with Crippen LogP contribution in [0.1, 0.15) is 38.7 Å². The molecule has 1 aromatic heterocycles. The summed E-state index contributed by atoms with van der Waals surface area (Å²) in [5.41, 5.74) is 4.15. The molecule has 9 heteroatoms. The molecule has 0 radical (unpaired) electrons. The van der Waals surface area contributed by atoms with E-state index in [2.05, 4.69) is 20.2 Å². The number of anilines is 1. The van der Waals surface area contributed by atoms with E-state index >= 15 is 0 Å². The lowest BCUT2D eigenvalue weighted by Crippen LogP contribution is -2.29. The van der Waals surface area contributed by atoms with Crippen molar-refractivity contribution in [3.8, 4) is 0 Å². The monoisotopic (exact) mass is 478 g/mol. The van der Waals surface area contributed by atoms with Crippen LogP contribution in [0.25, 0.3) is 0 Å². The van der Waals surface area contributed by atoms with E-state index in [1.54, 1.807) is 12.1 Å². The molecule has 4 aromatic rings. The van der Waals surface area contributed by atoms with Crippen molar-refractivity contribution in [2.45, 2.75) is 24.2 Å². The van der Waals surface area contributed by atoms with Gasteiger partial charge in [-0.15, -0.1) is 10.2 Å². The van der Waals surface area contributed by atoms with Crippen molar-refractivity contribution >= 4 is 32.4 Å². The van der Waals surface area contributed by atoms with Gasteiger partial charge in [0.1, 0.15) is 0 Å². The third kappa shape index (κ3) is 5.51. The number of carbonyl (C=O) groups excluding carboxylic acids is 1. The number of amides is 1. The van der Waals surface area contributed by atoms with Gasteiger partial charge >= 0.3 is 0 Å². The first kappa shape index (κ1) is 22.8. The highest BCUT2D eigenvalue weighted by Crippen LogP contribution is 2.27. The van der Waals surface area contributed by atoms with Gasteiger partial charge in [0.15, 0.2) is 0 Å². The predicted octanol–water partition coefficient (Wildman–Crippen LogP) is 4.48. The number of aromatic nitrogens is 2. The smallest absolute Gasteiger partial charge is 0.270 e. The van der Waals surface area contributed by atoms with E-state index in [4.69, 9.17) is 0 Å². The summed E-state index contributed by atoms with van der Waals surface area (Å²) in [5.74, 6) is -0.384. The minimum atomic E-state index is -4.01. The number of sulfonamides is 1. The topological polar surface area (TPSA) is 101 Å². The Balaban J connectivity index is 1.57. The molecule has 1 atom stereocenters. The van der Waals surface area contributed by atoms with Crippen LogP contribution in [0.3, 0.4) is 0 Å². The van der Waals surface area contributed by atoms with E-state index in [1.807, 2.05) is 80.6 Å². The van der Waals surface area contributed by atoms with Crippen molar-refractivity contribution in [3.05, 3.63) is 107 Å². The second-order valence-corrected chi connectivity index (χ2v) is 10.4. The van der Waals surface area contributed by atoms with Crippen LogP contribution < -0.4 is 10.0 Å². The van der Waals surface area contributed by atoms with Crippen molar-refractivity contribution in [1.29, 1.82) is 0 Å². The first-order valence-corrected chi connectivity index (χ1v) is 12.5. The first-order chi connectivity index (χ1) is 15.8. The molecular formula is C24H22N4O3S2. The lowest BCUT2D eigenvalue weighted by Gasteiger charge is -2.19. The van der Waals surface area contributed by atoms with Gasteiger partial charge in [0.25, 0.3) is 15.9 Å².